The van der Waals surface area contributed by atoms with Gasteiger partial charge in [0.05, 0.1) is 5.60 Å². The summed E-state index contributed by atoms with van der Waals surface area (Å²) in [7, 11) is 1.64. The molecule has 5 heteroatoms. The molecule has 0 saturated heterocycles. The summed E-state index contributed by atoms with van der Waals surface area (Å²) < 4.78 is 0. The zero-order chi connectivity index (χ0) is 18.6. The van der Waals surface area contributed by atoms with Gasteiger partial charge in [-0.3, -0.25) is 9.59 Å². The van der Waals surface area contributed by atoms with Gasteiger partial charge in [0.25, 0.3) is 11.8 Å². The lowest BCUT2D eigenvalue weighted by Crippen LogP contribution is -2.39. The predicted molar refractivity (Wildman–Crippen MR) is 98.8 cm³/mol. The van der Waals surface area contributed by atoms with Gasteiger partial charge in [-0.05, 0) is 50.6 Å². The molecule has 2 aromatic carbocycles. The Balaban J connectivity index is 2.20. The van der Waals surface area contributed by atoms with Crippen molar-refractivity contribution in [3.05, 3.63) is 65.2 Å². The molecule has 0 bridgehead atoms. The van der Waals surface area contributed by atoms with Crippen molar-refractivity contribution in [2.75, 3.05) is 18.9 Å². The average Bonchev–Trinajstić information content (AvgIpc) is 2.55. The minimum absolute atomic E-state index is 0.211. The summed E-state index contributed by atoms with van der Waals surface area (Å²) in [4.78, 5) is 26.3. The summed E-state index contributed by atoms with van der Waals surface area (Å²) in [5.74, 6) is -0.435. The number of nitrogens with zero attached hydrogens (tertiary/aromatic N) is 1. The molecule has 2 rings (SSSR count). The van der Waals surface area contributed by atoms with Crippen LogP contribution < -0.4 is 5.32 Å². The highest BCUT2D eigenvalue weighted by molar-refractivity contribution is 6.05. The summed E-state index contributed by atoms with van der Waals surface area (Å²) in [5.41, 5.74) is 1.50. The molecule has 2 aromatic rings. The van der Waals surface area contributed by atoms with Gasteiger partial charge in [0.15, 0.2) is 0 Å². The highest BCUT2D eigenvalue weighted by Gasteiger charge is 2.21. The minimum Gasteiger partial charge on any atom is -0.389 e. The molecular formula is C20H24N2O3. The number of hydrogen-bond acceptors (Lipinski definition) is 3. The van der Waals surface area contributed by atoms with Gasteiger partial charge in [0.1, 0.15) is 0 Å². The lowest BCUT2D eigenvalue weighted by molar-refractivity contribution is 0.0368. The van der Waals surface area contributed by atoms with Crippen LogP contribution in [0.5, 0.6) is 0 Å². The Kier molecular flexibility index (Phi) is 5.59. The van der Waals surface area contributed by atoms with E-state index < -0.39 is 5.60 Å². The third kappa shape index (κ3) is 5.16. The monoisotopic (exact) mass is 340 g/mol. The van der Waals surface area contributed by atoms with Crippen LogP contribution in [-0.2, 0) is 0 Å². The van der Waals surface area contributed by atoms with Crippen molar-refractivity contribution in [2.24, 2.45) is 0 Å². The smallest absolute Gasteiger partial charge is 0.255 e. The molecule has 2 amide bonds. The van der Waals surface area contributed by atoms with E-state index in [-0.39, 0.29) is 18.4 Å². The fourth-order valence-corrected chi connectivity index (χ4v) is 2.55. The Morgan fingerprint density at radius 2 is 1.72 bits per heavy atom. The zero-order valence-electron chi connectivity index (χ0n) is 15.0. The molecule has 0 atom stereocenters. The van der Waals surface area contributed by atoms with Gasteiger partial charge >= 0.3 is 0 Å². The van der Waals surface area contributed by atoms with Crippen molar-refractivity contribution in [3.8, 4) is 0 Å². The number of carbonyl (C=O) groups is 2. The van der Waals surface area contributed by atoms with Gasteiger partial charge in [-0.15, -0.1) is 0 Å². The standard InChI is InChI=1S/C20H24N2O3/c1-14-10-11-16(19(24)22(4)13-20(2,3)25)12-17(14)21-18(23)15-8-6-5-7-9-15/h5-12,25H,13H2,1-4H3,(H,21,23). The van der Waals surface area contributed by atoms with E-state index in [2.05, 4.69) is 5.32 Å². The van der Waals surface area contributed by atoms with Crippen LogP contribution in [0.1, 0.15) is 40.1 Å². The van der Waals surface area contributed by atoms with Crippen molar-refractivity contribution >= 4 is 17.5 Å². The number of benzene rings is 2. The maximum absolute atomic E-state index is 12.5. The fourth-order valence-electron chi connectivity index (χ4n) is 2.55. The van der Waals surface area contributed by atoms with E-state index in [0.29, 0.717) is 16.8 Å². The van der Waals surface area contributed by atoms with E-state index in [9.17, 15) is 14.7 Å². The molecule has 0 aliphatic heterocycles. The Hall–Kier alpha value is -2.66. The van der Waals surface area contributed by atoms with Gasteiger partial charge in [-0.2, -0.15) is 0 Å². The number of aliphatic hydroxyl groups is 1. The molecule has 0 aromatic heterocycles. The largest absolute Gasteiger partial charge is 0.389 e. The van der Waals surface area contributed by atoms with E-state index in [1.807, 2.05) is 13.0 Å². The minimum atomic E-state index is -0.973. The quantitative estimate of drug-likeness (QED) is 0.879. The summed E-state index contributed by atoms with van der Waals surface area (Å²) >= 11 is 0. The molecule has 0 unspecified atom stereocenters. The van der Waals surface area contributed by atoms with Crippen LogP contribution in [0.15, 0.2) is 48.5 Å². The SMILES string of the molecule is Cc1ccc(C(=O)N(C)CC(C)(C)O)cc1NC(=O)c1ccccc1. The number of hydrogen-bond donors (Lipinski definition) is 2. The Labute approximate surface area is 148 Å². The lowest BCUT2D eigenvalue weighted by atomic mass is 10.1. The van der Waals surface area contributed by atoms with Crippen molar-refractivity contribution in [2.45, 2.75) is 26.4 Å². The van der Waals surface area contributed by atoms with Gasteiger partial charge in [-0.25, -0.2) is 0 Å². The maximum atomic E-state index is 12.5. The number of carbonyl (C=O) groups excluding carboxylic acids is 2. The second-order valence-electron chi connectivity index (χ2n) is 6.82. The number of rotatable bonds is 5. The molecule has 0 fully saturated rings. The molecule has 0 spiro atoms. The van der Waals surface area contributed by atoms with Crippen molar-refractivity contribution < 1.29 is 14.7 Å². The number of nitrogens with one attached hydrogen (secondary N) is 1. The van der Waals surface area contributed by atoms with Crippen molar-refractivity contribution in [1.82, 2.24) is 4.90 Å². The predicted octanol–water partition coefficient (Wildman–Crippen LogP) is 3.09. The Bertz CT molecular complexity index is 764. The van der Waals surface area contributed by atoms with Crippen LogP contribution >= 0.6 is 0 Å². The molecule has 0 heterocycles. The normalized spacial score (nSPS) is 11.1. The Morgan fingerprint density at radius 3 is 2.32 bits per heavy atom. The molecular weight excluding hydrogens is 316 g/mol. The summed E-state index contributed by atoms with van der Waals surface area (Å²) in [6.45, 7) is 5.38. The first-order chi connectivity index (χ1) is 11.7. The van der Waals surface area contributed by atoms with Crippen LogP contribution in [-0.4, -0.2) is 41.0 Å². The van der Waals surface area contributed by atoms with Gasteiger partial charge in [0, 0.05) is 30.4 Å². The van der Waals surface area contributed by atoms with E-state index in [4.69, 9.17) is 0 Å². The number of aryl methyl sites for hydroxylation is 1. The molecule has 2 N–H and O–H groups in total. The second kappa shape index (κ2) is 7.49. The second-order valence-corrected chi connectivity index (χ2v) is 6.82. The highest BCUT2D eigenvalue weighted by atomic mass is 16.3. The number of anilines is 1. The first-order valence-electron chi connectivity index (χ1n) is 8.12. The third-order valence-corrected chi connectivity index (χ3v) is 3.74. The summed E-state index contributed by atoms with van der Waals surface area (Å²) in [6, 6.07) is 14.1. The zero-order valence-corrected chi connectivity index (χ0v) is 15.0. The molecule has 25 heavy (non-hydrogen) atoms. The first-order valence-corrected chi connectivity index (χ1v) is 8.12. The molecule has 5 nitrogen and oxygen atoms in total. The van der Waals surface area contributed by atoms with Crippen LogP contribution in [0.25, 0.3) is 0 Å². The Morgan fingerprint density at radius 1 is 1.08 bits per heavy atom. The maximum Gasteiger partial charge on any atom is 0.255 e. The van der Waals surface area contributed by atoms with Gasteiger partial charge < -0.3 is 15.3 Å². The average molecular weight is 340 g/mol. The van der Waals surface area contributed by atoms with E-state index in [1.54, 1.807) is 63.4 Å². The highest BCUT2D eigenvalue weighted by Crippen LogP contribution is 2.19. The topological polar surface area (TPSA) is 69.6 Å². The van der Waals surface area contributed by atoms with Crippen LogP contribution in [0.3, 0.4) is 0 Å². The van der Waals surface area contributed by atoms with E-state index >= 15 is 0 Å². The summed E-state index contributed by atoms with van der Waals surface area (Å²) in [6.07, 6.45) is 0. The summed E-state index contributed by atoms with van der Waals surface area (Å²) in [5, 5.41) is 12.7. The molecule has 132 valence electrons. The van der Waals surface area contributed by atoms with E-state index in [1.165, 1.54) is 4.90 Å². The van der Waals surface area contributed by atoms with Crippen molar-refractivity contribution in [1.29, 1.82) is 0 Å². The lowest BCUT2D eigenvalue weighted by Gasteiger charge is -2.25. The van der Waals surface area contributed by atoms with Gasteiger partial charge in [0.2, 0.25) is 0 Å². The third-order valence-electron chi connectivity index (χ3n) is 3.74. The molecule has 0 saturated carbocycles. The van der Waals surface area contributed by atoms with Gasteiger partial charge in [-0.1, -0.05) is 24.3 Å². The molecule has 0 aliphatic rings. The van der Waals surface area contributed by atoms with Crippen LogP contribution in [0.2, 0.25) is 0 Å². The van der Waals surface area contributed by atoms with Crippen LogP contribution in [0.4, 0.5) is 5.69 Å². The van der Waals surface area contributed by atoms with Crippen LogP contribution in [0, 0.1) is 6.92 Å². The first kappa shape index (κ1) is 18.7. The molecule has 0 radical (unpaired) electrons. The van der Waals surface area contributed by atoms with Crippen molar-refractivity contribution in [3.63, 3.8) is 0 Å². The number of likely N-dealkylation sites (N-methyl/N-ethyl adjacent to an activating group) is 1. The fraction of sp³-hybridized carbons (Fsp3) is 0.300. The van der Waals surface area contributed by atoms with E-state index in [0.717, 1.165) is 5.56 Å². The number of amides is 2. The molecule has 0 aliphatic carbocycles.